The summed E-state index contributed by atoms with van der Waals surface area (Å²) in [5, 5.41) is 0. The molecule has 0 fully saturated rings. The van der Waals surface area contributed by atoms with Gasteiger partial charge in [0, 0.05) is 13.2 Å². The first kappa shape index (κ1) is 20.9. The van der Waals surface area contributed by atoms with Crippen molar-refractivity contribution in [2.24, 2.45) is 10.8 Å². The fourth-order valence-electron chi connectivity index (χ4n) is 1.78. The fourth-order valence-corrected chi connectivity index (χ4v) is 1.78. The van der Waals surface area contributed by atoms with E-state index in [2.05, 4.69) is 41.5 Å². The largest absolute Gasteiger partial charge is 0.379 e. The Kier molecular flexibility index (Phi) is 11.4. The fraction of sp³-hybridized carbons (Fsp3) is 1.00. The lowest BCUT2D eigenvalue weighted by Crippen LogP contribution is -2.13. The Hall–Kier alpha value is -0.120. The van der Waals surface area contributed by atoms with Gasteiger partial charge in [-0.15, -0.1) is 0 Å². The first-order chi connectivity index (χ1) is 9.71. The van der Waals surface area contributed by atoms with Gasteiger partial charge in [-0.05, 0) is 30.1 Å². The van der Waals surface area contributed by atoms with Crippen molar-refractivity contribution < 1.29 is 14.2 Å². The molecule has 0 aromatic carbocycles. The van der Waals surface area contributed by atoms with Crippen LogP contribution in [0, 0.1) is 10.8 Å². The highest BCUT2D eigenvalue weighted by molar-refractivity contribution is 4.61. The van der Waals surface area contributed by atoms with E-state index in [9.17, 15) is 0 Å². The molecular weight excluding hydrogens is 264 g/mol. The van der Waals surface area contributed by atoms with E-state index >= 15 is 0 Å². The van der Waals surface area contributed by atoms with Crippen LogP contribution in [0.25, 0.3) is 0 Å². The van der Waals surface area contributed by atoms with Crippen molar-refractivity contribution in [3.8, 4) is 0 Å². The summed E-state index contributed by atoms with van der Waals surface area (Å²) >= 11 is 0. The van der Waals surface area contributed by atoms with Crippen molar-refractivity contribution in [2.75, 3.05) is 39.6 Å². The lowest BCUT2D eigenvalue weighted by Gasteiger charge is -2.17. The van der Waals surface area contributed by atoms with Crippen LogP contribution < -0.4 is 0 Å². The van der Waals surface area contributed by atoms with Crippen molar-refractivity contribution in [1.82, 2.24) is 0 Å². The van der Waals surface area contributed by atoms with Gasteiger partial charge in [0.25, 0.3) is 0 Å². The van der Waals surface area contributed by atoms with E-state index in [1.165, 1.54) is 12.8 Å². The van der Waals surface area contributed by atoms with E-state index in [4.69, 9.17) is 14.2 Å². The van der Waals surface area contributed by atoms with Gasteiger partial charge in [-0.25, -0.2) is 0 Å². The smallest absolute Gasteiger partial charge is 0.0701 e. The second kappa shape index (κ2) is 11.4. The quantitative estimate of drug-likeness (QED) is 0.490. The van der Waals surface area contributed by atoms with Crippen LogP contribution in [0.15, 0.2) is 0 Å². The van der Waals surface area contributed by atoms with Crippen molar-refractivity contribution in [3.63, 3.8) is 0 Å². The van der Waals surface area contributed by atoms with E-state index in [0.29, 0.717) is 37.3 Å². The first-order valence-corrected chi connectivity index (χ1v) is 8.44. The number of rotatable bonds is 12. The van der Waals surface area contributed by atoms with E-state index in [-0.39, 0.29) is 0 Å². The SMILES string of the molecule is CC(C)(C)CCCCOCCOCCOCCC(C)(C)C. The second-order valence-electron chi connectivity index (χ2n) is 8.17. The van der Waals surface area contributed by atoms with Crippen LogP contribution in [0.2, 0.25) is 0 Å². The number of unbranched alkanes of at least 4 members (excludes halogenated alkanes) is 1. The summed E-state index contributed by atoms with van der Waals surface area (Å²) in [7, 11) is 0. The van der Waals surface area contributed by atoms with Gasteiger partial charge in [-0.1, -0.05) is 48.0 Å². The van der Waals surface area contributed by atoms with Crippen LogP contribution >= 0.6 is 0 Å². The molecule has 128 valence electrons. The third-order valence-electron chi connectivity index (χ3n) is 3.21. The summed E-state index contributed by atoms with van der Waals surface area (Å²) in [5.74, 6) is 0. The zero-order chi connectivity index (χ0) is 16.2. The molecule has 0 amide bonds. The lowest BCUT2D eigenvalue weighted by molar-refractivity contribution is 0.00963. The Morgan fingerprint density at radius 3 is 1.38 bits per heavy atom. The van der Waals surface area contributed by atoms with Crippen LogP contribution in [-0.4, -0.2) is 39.6 Å². The average Bonchev–Trinajstić information content (AvgIpc) is 2.32. The minimum Gasteiger partial charge on any atom is -0.379 e. The Balaban J connectivity index is 3.10. The van der Waals surface area contributed by atoms with E-state index < -0.39 is 0 Å². The molecule has 0 N–H and O–H groups in total. The molecular formula is C18H38O3. The van der Waals surface area contributed by atoms with Crippen molar-refractivity contribution in [1.29, 1.82) is 0 Å². The predicted molar refractivity (Wildman–Crippen MR) is 89.8 cm³/mol. The van der Waals surface area contributed by atoms with Crippen LogP contribution in [0.4, 0.5) is 0 Å². The molecule has 0 rings (SSSR count). The highest BCUT2D eigenvalue weighted by Crippen LogP contribution is 2.21. The van der Waals surface area contributed by atoms with Crippen LogP contribution in [0.3, 0.4) is 0 Å². The molecule has 21 heavy (non-hydrogen) atoms. The van der Waals surface area contributed by atoms with Gasteiger partial charge in [0.2, 0.25) is 0 Å². The third-order valence-corrected chi connectivity index (χ3v) is 3.21. The zero-order valence-corrected chi connectivity index (χ0v) is 15.3. The summed E-state index contributed by atoms with van der Waals surface area (Å²) in [6, 6.07) is 0. The molecule has 0 aromatic rings. The average molecular weight is 302 g/mol. The summed E-state index contributed by atoms with van der Waals surface area (Å²) in [5.41, 5.74) is 0.789. The molecule has 0 saturated heterocycles. The molecule has 0 aromatic heterocycles. The number of hydrogen-bond acceptors (Lipinski definition) is 3. The van der Waals surface area contributed by atoms with Crippen molar-refractivity contribution >= 4 is 0 Å². The second-order valence-corrected chi connectivity index (χ2v) is 8.17. The standard InChI is InChI=1S/C18H38O3/c1-17(2,3)9-7-8-11-19-13-15-21-16-14-20-12-10-18(4,5)6/h7-16H2,1-6H3. The summed E-state index contributed by atoms with van der Waals surface area (Å²) in [6.45, 7) is 17.9. The minimum atomic E-state index is 0.349. The molecule has 0 spiro atoms. The summed E-state index contributed by atoms with van der Waals surface area (Å²) < 4.78 is 16.6. The normalized spacial score (nSPS) is 12.9. The van der Waals surface area contributed by atoms with Crippen LogP contribution in [0.5, 0.6) is 0 Å². The van der Waals surface area contributed by atoms with E-state index in [1.807, 2.05) is 0 Å². The first-order valence-electron chi connectivity index (χ1n) is 8.44. The van der Waals surface area contributed by atoms with Gasteiger partial charge in [0.15, 0.2) is 0 Å². The molecule has 0 aliphatic heterocycles. The minimum absolute atomic E-state index is 0.349. The van der Waals surface area contributed by atoms with Gasteiger partial charge < -0.3 is 14.2 Å². The Bertz CT molecular complexity index is 202. The molecule has 0 saturated carbocycles. The van der Waals surface area contributed by atoms with Gasteiger partial charge in [0.1, 0.15) is 0 Å². The highest BCUT2D eigenvalue weighted by atomic mass is 16.5. The van der Waals surface area contributed by atoms with E-state index in [0.717, 1.165) is 26.1 Å². The van der Waals surface area contributed by atoms with Crippen LogP contribution in [-0.2, 0) is 14.2 Å². The molecule has 0 radical (unpaired) electrons. The monoisotopic (exact) mass is 302 g/mol. The Morgan fingerprint density at radius 1 is 0.476 bits per heavy atom. The molecule has 0 aliphatic carbocycles. The molecule has 0 aliphatic rings. The highest BCUT2D eigenvalue weighted by Gasteiger charge is 2.09. The van der Waals surface area contributed by atoms with Gasteiger partial charge in [-0.2, -0.15) is 0 Å². The lowest BCUT2D eigenvalue weighted by atomic mass is 9.90. The molecule has 3 heteroatoms. The zero-order valence-electron chi connectivity index (χ0n) is 15.3. The molecule has 0 atom stereocenters. The topological polar surface area (TPSA) is 27.7 Å². The maximum absolute atomic E-state index is 5.55. The number of ether oxygens (including phenoxy) is 3. The summed E-state index contributed by atoms with van der Waals surface area (Å²) in [6.07, 6.45) is 4.74. The third kappa shape index (κ3) is 19.9. The molecule has 0 heterocycles. The maximum Gasteiger partial charge on any atom is 0.0701 e. The Morgan fingerprint density at radius 2 is 0.905 bits per heavy atom. The van der Waals surface area contributed by atoms with Crippen LogP contribution in [0.1, 0.15) is 67.2 Å². The van der Waals surface area contributed by atoms with Crippen molar-refractivity contribution in [3.05, 3.63) is 0 Å². The maximum atomic E-state index is 5.55. The van der Waals surface area contributed by atoms with Crippen molar-refractivity contribution in [2.45, 2.75) is 67.2 Å². The number of hydrogen-bond donors (Lipinski definition) is 0. The Labute approximate surface area is 132 Å². The summed E-state index contributed by atoms with van der Waals surface area (Å²) in [4.78, 5) is 0. The van der Waals surface area contributed by atoms with Gasteiger partial charge in [0.05, 0.1) is 26.4 Å². The van der Waals surface area contributed by atoms with E-state index in [1.54, 1.807) is 0 Å². The van der Waals surface area contributed by atoms with Gasteiger partial charge >= 0.3 is 0 Å². The molecule has 0 bridgehead atoms. The van der Waals surface area contributed by atoms with Gasteiger partial charge in [-0.3, -0.25) is 0 Å². The molecule has 3 nitrogen and oxygen atoms in total. The predicted octanol–water partition coefficient (Wildman–Crippen LogP) is 4.69. The molecule has 0 unspecified atom stereocenters.